The van der Waals surface area contributed by atoms with Crippen LogP contribution in [-0.4, -0.2) is 11.6 Å². The summed E-state index contributed by atoms with van der Waals surface area (Å²) in [6.07, 6.45) is 1.02. The fourth-order valence-electron chi connectivity index (χ4n) is 1.79. The highest BCUT2D eigenvalue weighted by molar-refractivity contribution is 5.73. The third-order valence-electron chi connectivity index (χ3n) is 2.65. The number of carbonyl (C=O) groups excluding carboxylic acids is 1. The maximum absolute atomic E-state index is 12.0. The highest BCUT2D eigenvalue weighted by Gasteiger charge is 2.31. The smallest absolute Gasteiger partial charge is 0.309 e. The molecule has 0 amide bonds. The van der Waals surface area contributed by atoms with Gasteiger partial charge in [0, 0.05) is 0 Å². The maximum Gasteiger partial charge on any atom is 0.309 e. The Morgan fingerprint density at radius 2 is 1.67 bits per heavy atom. The molecule has 0 rings (SSSR count). The van der Waals surface area contributed by atoms with Crippen molar-refractivity contribution in [1.29, 1.82) is 0 Å². The molecule has 0 saturated carbocycles. The topological polar surface area (TPSA) is 26.3 Å². The zero-order valence-corrected chi connectivity index (χ0v) is 11.3. The molecule has 0 fully saturated rings. The van der Waals surface area contributed by atoms with E-state index >= 15 is 0 Å². The molecule has 0 radical (unpaired) electrons. The normalized spacial score (nSPS) is 16.3. The highest BCUT2D eigenvalue weighted by atomic mass is 16.6. The monoisotopic (exact) mass is 214 g/mol. The molecule has 0 aromatic rings. The first-order valence-electron chi connectivity index (χ1n) is 5.92. The fraction of sp³-hybridized carbons (Fsp3) is 0.923. The van der Waals surface area contributed by atoms with Crippen molar-refractivity contribution in [3.63, 3.8) is 0 Å². The van der Waals surface area contributed by atoms with Gasteiger partial charge in [-0.25, -0.2) is 0 Å². The number of rotatable bonds is 4. The van der Waals surface area contributed by atoms with Gasteiger partial charge in [-0.3, -0.25) is 4.79 Å². The summed E-state index contributed by atoms with van der Waals surface area (Å²) in [5, 5.41) is 0. The van der Waals surface area contributed by atoms with Crippen LogP contribution in [0.25, 0.3) is 0 Å². The Hall–Kier alpha value is -0.530. The van der Waals surface area contributed by atoms with Crippen LogP contribution >= 0.6 is 0 Å². The van der Waals surface area contributed by atoms with Gasteiger partial charge >= 0.3 is 5.97 Å². The Kier molecular flexibility index (Phi) is 5.33. The van der Waals surface area contributed by atoms with Crippen molar-refractivity contribution < 1.29 is 9.53 Å². The minimum atomic E-state index is -0.377. The molecule has 0 aliphatic carbocycles. The lowest BCUT2D eigenvalue weighted by atomic mass is 9.83. The minimum Gasteiger partial charge on any atom is -0.460 e. The van der Waals surface area contributed by atoms with Crippen LogP contribution in [0.3, 0.4) is 0 Å². The van der Waals surface area contributed by atoms with Crippen molar-refractivity contribution in [2.45, 2.75) is 60.5 Å². The van der Waals surface area contributed by atoms with Gasteiger partial charge in [0.1, 0.15) is 5.60 Å². The van der Waals surface area contributed by atoms with Crippen LogP contribution < -0.4 is 0 Å². The SMILES string of the molecule is CCC(C)C(C(=O)OC(C)(C)C)C(C)C. The van der Waals surface area contributed by atoms with Gasteiger partial charge in [-0.2, -0.15) is 0 Å². The van der Waals surface area contributed by atoms with E-state index in [9.17, 15) is 4.79 Å². The summed E-state index contributed by atoms with van der Waals surface area (Å²) >= 11 is 0. The van der Waals surface area contributed by atoms with Crippen LogP contribution in [-0.2, 0) is 9.53 Å². The van der Waals surface area contributed by atoms with E-state index in [0.717, 1.165) is 6.42 Å². The molecular formula is C13H26O2. The van der Waals surface area contributed by atoms with E-state index in [0.29, 0.717) is 11.8 Å². The van der Waals surface area contributed by atoms with Crippen molar-refractivity contribution >= 4 is 5.97 Å². The molecule has 90 valence electrons. The van der Waals surface area contributed by atoms with Crippen LogP contribution in [0.15, 0.2) is 0 Å². The van der Waals surface area contributed by atoms with Crippen LogP contribution in [0.5, 0.6) is 0 Å². The summed E-state index contributed by atoms with van der Waals surface area (Å²) in [5.41, 5.74) is -0.377. The molecule has 2 unspecified atom stereocenters. The first kappa shape index (κ1) is 14.5. The van der Waals surface area contributed by atoms with E-state index in [1.807, 2.05) is 20.8 Å². The van der Waals surface area contributed by atoms with Crippen molar-refractivity contribution in [1.82, 2.24) is 0 Å². The molecule has 0 aromatic heterocycles. The quantitative estimate of drug-likeness (QED) is 0.668. The second-order valence-electron chi connectivity index (χ2n) is 5.69. The first-order chi connectivity index (χ1) is 6.69. The van der Waals surface area contributed by atoms with E-state index in [-0.39, 0.29) is 17.5 Å². The standard InChI is InChI=1S/C13H26O2/c1-8-10(4)11(9(2)3)12(14)15-13(5,6)7/h9-11H,8H2,1-7H3. The molecule has 15 heavy (non-hydrogen) atoms. The zero-order chi connectivity index (χ0) is 12.2. The van der Waals surface area contributed by atoms with E-state index < -0.39 is 0 Å². The van der Waals surface area contributed by atoms with E-state index in [1.54, 1.807) is 0 Å². The highest BCUT2D eigenvalue weighted by Crippen LogP contribution is 2.26. The number of hydrogen-bond donors (Lipinski definition) is 0. The van der Waals surface area contributed by atoms with Crippen LogP contribution in [0.4, 0.5) is 0 Å². The van der Waals surface area contributed by atoms with Crippen molar-refractivity contribution in [2.24, 2.45) is 17.8 Å². The fourth-order valence-corrected chi connectivity index (χ4v) is 1.79. The van der Waals surface area contributed by atoms with Crippen LogP contribution in [0, 0.1) is 17.8 Å². The van der Waals surface area contributed by atoms with Gasteiger partial charge in [-0.05, 0) is 32.6 Å². The van der Waals surface area contributed by atoms with E-state index in [1.165, 1.54) is 0 Å². The van der Waals surface area contributed by atoms with Gasteiger partial charge in [0.05, 0.1) is 5.92 Å². The summed E-state index contributed by atoms with van der Waals surface area (Å²) < 4.78 is 5.45. The van der Waals surface area contributed by atoms with E-state index in [2.05, 4.69) is 27.7 Å². The molecule has 0 aliphatic heterocycles. The third-order valence-corrected chi connectivity index (χ3v) is 2.65. The summed E-state index contributed by atoms with van der Waals surface area (Å²) in [6.45, 7) is 14.1. The van der Waals surface area contributed by atoms with Gasteiger partial charge in [0.2, 0.25) is 0 Å². The molecule has 0 saturated heterocycles. The minimum absolute atomic E-state index is 0.0224. The van der Waals surface area contributed by atoms with Gasteiger partial charge in [-0.1, -0.05) is 34.1 Å². The average Bonchev–Trinajstić information content (AvgIpc) is 1.99. The lowest BCUT2D eigenvalue weighted by Gasteiger charge is -2.29. The second-order valence-corrected chi connectivity index (χ2v) is 5.69. The largest absolute Gasteiger partial charge is 0.460 e. The Bertz CT molecular complexity index is 201. The summed E-state index contributed by atoms with van der Waals surface area (Å²) in [7, 11) is 0. The molecule has 0 aromatic carbocycles. The second kappa shape index (κ2) is 5.53. The van der Waals surface area contributed by atoms with Crippen molar-refractivity contribution in [2.75, 3.05) is 0 Å². The summed E-state index contributed by atoms with van der Waals surface area (Å²) in [6, 6.07) is 0. The van der Waals surface area contributed by atoms with Crippen LogP contribution in [0.2, 0.25) is 0 Å². The molecule has 2 atom stereocenters. The predicted octanol–water partition coefficient (Wildman–Crippen LogP) is 3.65. The van der Waals surface area contributed by atoms with E-state index in [4.69, 9.17) is 4.74 Å². The number of carbonyl (C=O) groups is 1. The molecule has 0 bridgehead atoms. The Balaban J connectivity index is 4.57. The van der Waals surface area contributed by atoms with Crippen LogP contribution in [0.1, 0.15) is 54.9 Å². The Morgan fingerprint density at radius 1 is 1.20 bits per heavy atom. The number of esters is 1. The molecule has 2 heteroatoms. The Morgan fingerprint density at radius 3 is 1.93 bits per heavy atom. The molecule has 0 aliphatic rings. The first-order valence-corrected chi connectivity index (χ1v) is 5.92. The molecule has 0 N–H and O–H groups in total. The van der Waals surface area contributed by atoms with Gasteiger partial charge < -0.3 is 4.74 Å². The molecule has 0 heterocycles. The van der Waals surface area contributed by atoms with Crippen molar-refractivity contribution in [3.8, 4) is 0 Å². The summed E-state index contributed by atoms with van der Waals surface area (Å²) in [4.78, 5) is 12.0. The third kappa shape index (κ3) is 5.19. The summed E-state index contributed by atoms with van der Waals surface area (Å²) in [5.74, 6) is 0.704. The molecule has 2 nitrogen and oxygen atoms in total. The predicted molar refractivity (Wildman–Crippen MR) is 63.6 cm³/mol. The van der Waals surface area contributed by atoms with Gasteiger partial charge in [-0.15, -0.1) is 0 Å². The number of hydrogen-bond acceptors (Lipinski definition) is 2. The molecular weight excluding hydrogens is 188 g/mol. The average molecular weight is 214 g/mol. The lowest BCUT2D eigenvalue weighted by molar-refractivity contribution is -0.163. The molecule has 0 spiro atoms. The van der Waals surface area contributed by atoms with Gasteiger partial charge in [0.15, 0.2) is 0 Å². The van der Waals surface area contributed by atoms with Gasteiger partial charge in [0.25, 0.3) is 0 Å². The zero-order valence-electron chi connectivity index (χ0n) is 11.3. The maximum atomic E-state index is 12.0. The Labute approximate surface area is 94.4 Å². The lowest BCUT2D eigenvalue weighted by Crippen LogP contribution is -2.34. The number of ether oxygens (including phenoxy) is 1. The van der Waals surface area contributed by atoms with Crippen molar-refractivity contribution in [3.05, 3.63) is 0 Å².